The van der Waals surface area contributed by atoms with Gasteiger partial charge in [-0.1, -0.05) is 65.8 Å². The van der Waals surface area contributed by atoms with Gasteiger partial charge in [0.15, 0.2) is 0 Å². The van der Waals surface area contributed by atoms with Crippen LogP contribution in [0.4, 0.5) is 17.1 Å². The van der Waals surface area contributed by atoms with Gasteiger partial charge in [0, 0.05) is 17.4 Å². The van der Waals surface area contributed by atoms with Crippen molar-refractivity contribution in [3.63, 3.8) is 0 Å². The Labute approximate surface area is 187 Å². The summed E-state index contributed by atoms with van der Waals surface area (Å²) in [5.41, 5.74) is 5.96. The highest BCUT2D eigenvalue weighted by molar-refractivity contribution is 5.80. The molecule has 0 atom stereocenters. The van der Waals surface area contributed by atoms with E-state index in [1.807, 2.05) is 18.2 Å². The molecule has 0 radical (unpaired) electrons. The predicted octanol–water partition coefficient (Wildman–Crippen LogP) is 7.77. The van der Waals surface area contributed by atoms with E-state index in [1.165, 1.54) is 11.1 Å². The Balaban J connectivity index is 2.15. The van der Waals surface area contributed by atoms with Crippen molar-refractivity contribution in [1.82, 2.24) is 0 Å². The summed E-state index contributed by atoms with van der Waals surface area (Å²) in [7, 11) is 3.37. The Hall–Kier alpha value is -2.94. The first-order valence-electron chi connectivity index (χ1n) is 10.8. The lowest BCUT2D eigenvalue weighted by molar-refractivity contribution is 0.395. The maximum Gasteiger partial charge on any atom is 0.146 e. The molecule has 0 spiro atoms. The van der Waals surface area contributed by atoms with Gasteiger partial charge in [-0.25, -0.2) is 0 Å². The van der Waals surface area contributed by atoms with Crippen LogP contribution in [0.3, 0.4) is 0 Å². The van der Waals surface area contributed by atoms with Gasteiger partial charge < -0.3 is 14.4 Å². The highest BCUT2D eigenvalue weighted by Crippen LogP contribution is 2.42. The van der Waals surface area contributed by atoms with E-state index in [0.29, 0.717) is 0 Å². The molecule has 3 rings (SSSR count). The maximum atomic E-state index is 5.75. The Morgan fingerprint density at radius 3 is 1.39 bits per heavy atom. The third-order valence-electron chi connectivity index (χ3n) is 5.61. The van der Waals surface area contributed by atoms with E-state index in [0.717, 1.165) is 28.6 Å². The van der Waals surface area contributed by atoms with Gasteiger partial charge in [0.25, 0.3) is 0 Å². The fourth-order valence-electron chi connectivity index (χ4n) is 3.62. The molecular formula is C28H35NO2. The van der Waals surface area contributed by atoms with Crippen LogP contribution in [0.1, 0.15) is 52.7 Å². The van der Waals surface area contributed by atoms with E-state index < -0.39 is 0 Å². The second-order valence-corrected chi connectivity index (χ2v) is 9.97. The zero-order chi connectivity index (χ0) is 22.8. The first-order valence-corrected chi connectivity index (χ1v) is 10.8. The Bertz CT molecular complexity index is 949. The molecule has 0 heterocycles. The van der Waals surface area contributed by atoms with Gasteiger partial charge in [-0.2, -0.15) is 0 Å². The molecule has 164 valence electrons. The molecule has 3 heteroatoms. The van der Waals surface area contributed by atoms with Gasteiger partial charge in [0.05, 0.1) is 19.9 Å². The molecule has 0 fully saturated rings. The summed E-state index contributed by atoms with van der Waals surface area (Å²) in [6, 6.07) is 23.5. The number of benzene rings is 3. The van der Waals surface area contributed by atoms with E-state index in [9.17, 15) is 0 Å². The average molecular weight is 418 g/mol. The minimum atomic E-state index is 0.107. The van der Waals surface area contributed by atoms with Crippen LogP contribution in [0.5, 0.6) is 11.5 Å². The molecule has 0 aliphatic rings. The Morgan fingerprint density at radius 2 is 1.03 bits per heavy atom. The lowest BCUT2D eigenvalue weighted by Gasteiger charge is -2.29. The first kappa shape index (κ1) is 22.7. The average Bonchev–Trinajstić information content (AvgIpc) is 2.73. The summed E-state index contributed by atoms with van der Waals surface area (Å²) in [4.78, 5) is 2.23. The fourth-order valence-corrected chi connectivity index (χ4v) is 3.62. The maximum absolute atomic E-state index is 5.75. The van der Waals surface area contributed by atoms with Crippen LogP contribution in [0.15, 0.2) is 66.7 Å². The molecule has 0 aliphatic heterocycles. The number of anilines is 3. The van der Waals surface area contributed by atoms with Gasteiger partial charge >= 0.3 is 0 Å². The molecule has 0 unspecified atom stereocenters. The van der Waals surface area contributed by atoms with Crippen molar-refractivity contribution in [2.75, 3.05) is 19.1 Å². The summed E-state index contributed by atoms with van der Waals surface area (Å²) in [5, 5.41) is 0. The summed E-state index contributed by atoms with van der Waals surface area (Å²) in [6.07, 6.45) is 0. The molecule has 0 saturated heterocycles. The summed E-state index contributed by atoms with van der Waals surface area (Å²) < 4.78 is 11.2. The van der Waals surface area contributed by atoms with E-state index in [2.05, 4.69) is 95.0 Å². The minimum absolute atomic E-state index is 0.107. The number of ether oxygens (including phenoxy) is 2. The van der Waals surface area contributed by atoms with Gasteiger partial charge in [-0.05, 0) is 58.4 Å². The van der Waals surface area contributed by atoms with Gasteiger partial charge in [0.1, 0.15) is 11.5 Å². The smallest absolute Gasteiger partial charge is 0.146 e. The van der Waals surface area contributed by atoms with Crippen LogP contribution in [-0.2, 0) is 10.8 Å². The van der Waals surface area contributed by atoms with E-state index in [-0.39, 0.29) is 10.8 Å². The number of hydrogen-bond acceptors (Lipinski definition) is 3. The van der Waals surface area contributed by atoms with Crippen LogP contribution in [-0.4, -0.2) is 14.2 Å². The van der Waals surface area contributed by atoms with Crippen molar-refractivity contribution in [3.8, 4) is 11.5 Å². The van der Waals surface area contributed by atoms with Gasteiger partial charge in [0.2, 0.25) is 0 Å². The van der Waals surface area contributed by atoms with Gasteiger partial charge in [-0.15, -0.1) is 0 Å². The van der Waals surface area contributed by atoms with E-state index >= 15 is 0 Å². The van der Waals surface area contributed by atoms with Crippen molar-refractivity contribution in [1.29, 1.82) is 0 Å². The number of methoxy groups -OCH3 is 2. The van der Waals surface area contributed by atoms with Crippen LogP contribution in [0.25, 0.3) is 0 Å². The minimum Gasteiger partial charge on any atom is -0.497 e. The second-order valence-electron chi connectivity index (χ2n) is 9.97. The Kier molecular flexibility index (Phi) is 6.35. The molecule has 0 amide bonds. The SMILES string of the molecule is COc1ccc(N(c2ccc(C(C)(C)C)cc2)c2ccc(C(C)(C)C)cc2)c(OC)c1. The fraction of sp³-hybridized carbons (Fsp3) is 0.357. The lowest BCUT2D eigenvalue weighted by Crippen LogP contribution is -2.15. The monoisotopic (exact) mass is 417 g/mol. The normalized spacial score (nSPS) is 11.9. The van der Waals surface area contributed by atoms with Gasteiger partial charge in [-0.3, -0.25) is 0 Å². The van der Waals surface area contributed by atoms with E-state index in [1.54, 1.807) is 14.2 Å². The summed E-state index contributed by atoms with van der Waals surface area (Å²) >= 11 is 0. The topological polar surface area (TPSA) is 21.7 Å². The van der Waals surface area contributed by atoms with Crippen molar-refractivity contribution in [2.45, 2.75) is 52.4 Å². The van der Waals surface area contributed by atoms with Crippen molar-refractivity contribution < 1.29 is 9.47 Å². The third-order valence-corrected chi connectivity index (χ3v) is 5.61. The molecule has 0 saturated carbocycles. The van der Waals surface area contributed by atoms with Crippen LogP contribution in [0, 0.1) is 0 Å². The van der Waals surface area contributed by atoms with Crippen molar-refractivity contribution in [3.05, 3.63) is 77.9 Å². The largest absolute Gasteiger partial charge is 0.497 e. The molecule has 31 heavy (non-hydrogen) atoms. The summed E-state index contributed by atoms with van der Waals surface area (Å²) in [5.74, 6) is 1.53. The molecule has 0 aromatic heterocycles. The highest BCUT2D eigenvalue weighted by Gasteiger charge is 2.20. The van der Waals surface area contributed by atoms with Crippen molar-refractivity contribution in [2.24, 2.45) is 0 Å². The molecule has 0 aliphatic carbocycles. The zero-order valence-electron chi connectivity index (χ0n) is 20.1. The van der Waals surface area contributed by atoms with Crippen LogP contribution in [0.2, 0.25) is 0 Å². The number of nitrogens with zero attached hydrogens (tertiary/aromatic N) is 1. The molecule has 0 N–H and O–H groups in total. The first-order chi connectivity index (χ1) is 14.5. The summed E-state index contributed by atoms with van der Waals surface area (Å²) in [6.45, 7) is 13.4. The van der Waals surface area contributed by atoms with E-state index in [4.69, 9.17) is 9.47 Å². The molecular weight excluding hydrogens is 382 g/mol. The van der Waals surface area contributed by atoms with Crippen LogP contribution < -0.4 is 14.4 Å². The molecule has 3 aromatic rings. The molecule has 3 aromatic carbocycles. The quantitative estimate of drug-likeness (QED) is 0.423. The third kappa shape index (κ3) is 5.04. The van der Waals surface area contributed by atoms with Crippen LogP contribution >= 0.6 is 0 Å². The standard InChI is InChI=1S/C28H35NO2/c1-27(2,3)20-9-13-22(14-10-20)29(23-15-11-21(12-16-23)28(4,5)6)25-18-17-24(30-7)19-26(25)31-8/h9-19H,1-8H3. The second kappa shape index (κ2) is 8.66. The predicted molar refractivity (Wildman–Crippen MR) is 132 cm³/mol. The zero-order valence-corrected chi connectivity index (χ0v) is 20.1. The highest BCUT2D eigenvalue weighted by atomic mass is 16.5. The number of rotatable bonds is 5. The number of hydrogen-bond donors (Lipinski definition) is 0. The molecule has 3 nitrogen and oxygen atoms in total. The lowest BCUT2D eigenvalue weighted by atomic mass is 9.86. The van der Waals surface area contributed by atoms with Crippen molar-refractivity contribution >= 4 is 17.1 Å². The molecule has 0 bridgehead atoms. The Morgan fingerprint density at radius 1 is 0.581 bits per heavy atom.